The molecule has 0 radical (unpaired) electrons. The monoisotopic (exact) mass is 228 g/mol. The van der Waals surface area contributed by atoms with E-state index < -0.39 is 0 Å². The molecule has 0 aromatic carbocycles. The van der Waals surface area contributed by atoms with Gasteiger partial charge in [-0.3, -0.25) is 0 Å². The molecule has 2 fully saturated rings. The first-order chi connectivity index (χ1) is 7.24. The summed E-state index contributed by atoms with van der Waals surface area (Å²) in [4.78, 5) is 0. The first-order valence-corrected chi connectivity index (χ1v) is 7.51. The molecule has 2 nitrogen and oxygen atoms in total. The van der Waals surface area contributed by atoms with Crippen molar-refractivity contribution >= 4 is 11.8 Å². The largest absolute Gasteiger partial charge is 0.328 e. The van der Waals surface area contributed by atoms with Crippen molar-refractivity contribution in [1.82, 2.24) is 5.32 Å². The fourth-order valence-electron chi connectivity index (χ4n) is 2.68. The second kappa shape index (κ2) is 5.07. The topological polar surface area (TPSA) is 38.0 Å². The summed E-state index contributed by atoms with van der Waals surface area (Å²) in [6.07, 6.45) is 11.5. The number of hydrogen-bond acceptors (Lipinski definition) is 3. The van der Waals surface area contributed by atoms with E-state index in [1.54, 1.807) is 0 Å². The average molecular weight is 228 g/mol. The molecular formula is C12H24N2S. The Morgan fingerprint density at radius 1 is 1.27 bits per heavy atom. The van der Waals surface area contributed by atoms with E-state index in [-0.39, 0.29) is 0 Å². The Morgan fingerprint density at radius 3 is 2.40 bits per heavy atom. The van der Waals surface area contributed by atoms with Crippen LogP contribution in [0.15, 0.2) is 0 Å². The van der Waals surface area contributed by atoms with E-state index in [4.69, 9.17) is 5.73 Å². The predicted molar refractivity (Wildman–Crippen MR) is 68.3 cm³/mol. The third kappa shape index (κ3) is 2.89. The van der Waals surface area contributed by atoms with E-state index in [1.165, 1.54) is 51.5 Å². The average Bonchev–Trinajstić information content (AvgIpc) is 2.20. The first-order valence-electron chi connectivity index (χ1n) is 6.28. The fraction of sp³-hybridized carbons (Fsp3) is 1.00. The van der Waals surface area contributed by atoms with Crippen molar-refractivity contribution in [3.8, 4) is 0 Å². The lowest BCUT2D eigenvalue weighted by Crippen LogP contribution is -2.48. The second-order valence-electron chi connectivity index (χ2n) is 5.23. The molecule has 3 N–H and O–H groups in total. The number of thioether (sulfide) groups is 1. The summed E-state index contributed by atoms with van der Waals surface area (Å²) in [6.45, 7) is 1.22. The van der Waals surface area contributed by atoms with E-state index in [9.17, 15) is 0 Å². The van der Waals surface area contributed by atoms with Crippen molar-refractivity contribution in [3.63, 3.8) is 0 Å². The van der Waals surface area contributed by atoms with Crippen molar-refractivity contribution in [2.24, 2.45) is 5.73 Å². The summed E-state index contributed by atoms with van der Waals surface area (Å²) in [5, 5.41) is 3.76. The summed E-state index contributed by atoms with van der Waals surface area (Å²) in [5.74, 6) is 0. The van der Waals surface area contributed by atoms with Gasteiger partial charge >= 0.3 is 0 Å². The summed E-state index contributed by atoms with van der Waals surface area (Å²) in [6, 6.07) is 1.22. The van der Waals surface area contributed by atoms with Crippen LogP contribution in [0.4, 0.5) is 0 Å². The normalized spacial score (nSPS) is 34.8. The van der Waals surface area contributed by atoms with Gasteiger partial charge in [-0.15, -0.1) is 0 Å². The summed E-state index contributed by atoms with van der Waals surface area (Å²) >= 11 is 2.06. The van der Waals surface area contributed by atoms with E-state index in [2.05, 4.69) is 23.3 Å². The van der Waals surface area contributed by atoms with Crippen LogP contribution in [0.2, 0.25) is 0 Å². The lowest BCUT2D eigenvalue weighted by atomic mass is 9.83. The maximum atomic E-state index is 5.91. The zero-order valence-electron chi connectivity index (χ0n) is 9.80. The van der Waals surface area contributed by atoms with E-state index in [0.29, 0.717) is 10.8 Å². The molecule has 0 bridgehead atoms. The molecule has 0 aliphatic heterocycles. The summed E-state index contributed by atoms with van der Waals surface area (Å²) in [7, 11) is 0. The van der Waals surface area contributed by atoms with Gasteiger partial charge in [-0.1, -0.05) is 6.42 Å². The summed E-state index contributed by atoms with van der Waals surface area (Å²) < 4.78 is 0.583. The number of nitrogens with one attached hydrogen (secondary N) is 1. The van der Waals surface area contributed by atoms with Crippen molar-refractivity contribution < 1.29 is 0 Å². The van der Waals surface area contributed by atoms with Crippen LogP contribution in [-0.4, -0.2) is 29.6 Å². The van der Waals surface area contributed by atoms with Crippen LogP contribution in [0.25, 0.3) is 0 Å². The molecule has 0 heterocycles. The zero-order valence-corrected chi connectivity index (χ0v) is 10.6. The Kier molecular flexibility index (Phi) is 3.97. The molecular weight excluding hydrogens is 204 g/mol. The molecule has 2 saturated carbocycles. The van der Waals surface area contributed by atoms with Crippen LogP contribution < -0.4 is 11.1 Å². The zero-order chi connectivity index (χ0) is 10.7. The van der Waals surface area contributed by atoms with Gasteiger partial charge in [-0.25, -0.2) is 0 Å². The molecule has 0 aromatic rings. The van der Waals surface area contributed by atoms with Gasteiger partial charge in [0.25, 0.3) is 0 Å². The van der Waals surface area contributed by atoms with Crippen LogP contribution in [-0.2, 0) is 0 Å². The van der Waals surface area contributed by atoms with Crippen molar-refractivity contribution in [2.75, 3.05) is 12.8 Å². The highest BCUT2D eigenvalue weighted by Crippen LogP contribution is 2.42. The van der Waals surface area contributed by atoms with Crippen LogP contribution in [0.3, 0.4) is 0 Å². The lowest BCUT2D eigenvalue weighted by molar-refractivity contribution is 0.291. The molecule has 0 unspecified atom stereocenters. The van der Waals surface area contributed by atoms with Crippen molar-refractivity contribution in [1.29, 1.82) is 0 Å². The highest BCUT2D eigenvalue weighted by Gasteiger charge is 2.36. The lowest BCUT2D eigenvalue weighted by Gasteiger charge is -2.42. The van der Waals surface area contributed by atoms with Gasteiger partial charge in [0.2, 0.25) is 0 Å². The maximum Gasteiger partial charge on any atom is 0.0281 e. The van der Waals surface area contributed by atoms with Gasteiger partial charge in [-0.05, 0) is 44.8 Å². The molecule has 3 heteroatoms. The molecule has 0 aromatic heterocycles. The van der Waals surface area contributed by atoms with E-state index in [0.717, 1.165) is 6.04 Å². The van der Waals surface area contributed by atoms with Gasteiger partial charge in [0.1, 0.15) is 0 Å². The number of nitrogens with two attached hydrogens (primary N) is 1. The smallest absolute Gasteiger partial charge is 0.0281 e. The molecule has 15 heavy (non-hydrogen) atoms. The van der Waals surface area contributed by atoms with Crippen LogP contribution in [0, 0.1) is 0 Å². The minimum atomic E-state index is 0.473. The van der Waals surface area contributed by atoms with Crippen LogP contribution in [0.1, 0.15) is 44.9 Å². The molecule has 2 aliphatic rings. The van der Waals surface area contributed by atoms with Crippen molar-refractivity contribution in [2.45, 2.75) is 61.8 Å². The minimum absolute atomic E-state index is 0.473. The van der Waals surface area contributed by atoms with Gasteiger partial charge < -0.3 is 11.1 Å². The quantitative estimate of drug-likeness (QED) is 0.774. The molecule has 88 valence electrons. The molecule has 0 amide bonds. The predicted octanol–water partition coefficient (Wildman–Crippen LogP) is 2.13. The molecule has 2 rings (SSSR count). The standard InChI is InChI=1S/C12H24N2S/c1-15-12(7-2-8-12)9-14-11-5-3-10(13)4-6-11/h10-11,14H,2-9,13H2,1H3. The molecule has 0 saturated heterocycles. The SMILES string of the molecule is CSC1(CNC2CCC(N)CC2)CCC1. The summed E-state index contributed by atoms with van der Waals surface area (Å²) in [5.41, 5.74) is 5.91. The van der Waals surface area contributed by atoms with Gasteiger partial charge in [0.05, 0.1) is 0 Å². The Labute approximate surface area is 97.8 Å². The molecule has 0 spiro atoms. The van der Waals surface area contributed by atoms with Gasteiger partial charge in [-0.2, -0.15) is 11.8 Å². The Balaban J connectivity index is 1.69. The molecule has 0 atom stereocenters. The fourth-order valence-corrected chi connectivity index (χ4v) is 3.60. The third-order valence-corrected chi connectivity index (χ3v) is 5.60. The van der Waals surface area contributed by atoms with E-state index in [1.807, 2.05) is 0 Å². The highest BCUT2D eigenvalue weighted by atomic mass is 32.2. The Bertz CT molecular complexity index is 190. The first kappa shape index (κ1) is 11.7. The number of hydrogen-bond donors (Lipinski definition) is 2. The Morgan fingerprint density at radius 2 is 1.93 bits per heavy atom. The van der Waals surface area contributed by atoms with E-state index >= 15 is 0 Å². The molecule has 2 aliphatic carbocycles. The number of rotatable bonds is 4. The van der Waals surface area contributed by atoms with Gasteiger partial charge in [0, 0.05) is 23.4 Å². The third-order valence-electron chi connectivity index (χ3n) is 4.18. The van der Waals surface area contributed by atoms with Crippen LogP contribution in [0.5, 0.6) is 0 Å². The van der Waals surface area contributed by atoms with Crippen molar-refractivity contribution in [3.05, 3.63) is 0 Å². The van der Waals surface area contributed by atoms with Crippen LogP contribution >= 0.6 is 11.8 Å². The maximum absolute atomic E-state index is 5.91. The van der Waals surface area contributed by atoms with Gasteiger partial charge in [0.15, 0.2) is 0 Å². The Hall–Kier alpha value is 0.270. The highest BCUT2D eigenvalue weighted by molar-refractivity contribution is 8.00. The minimum Gasteiger partial charge on any atom is -0.328 e. The second-order valence-corrected chi connectivity index (χ2v) is 6.51.